The average Bonchev–Trinajstić information content (AvgIpc) is 3.21. The van der Waals surface area contributed by atoms with Gasteiger partial charge in [0.1, 0.15) is 12.5 Å². The molecule has 5 rings (SSSR count). The number of hydrogen-bond donors (Lipinski definition) is 3. The number of rotatable bonds is 3. The van der Waals surface area contributed by atoms with Crippen LogP contribution in [0.4, 0.5) is 0 Å². The molecule has 1 aromatic carbocycles. The van der Waals surface area contributed by atoms with Crippen molar-refractivity contribution in [3.05, 3.63) is 34.9 Å². The standard InChI is InChI=1S/C31H51N5O4S/c1-20-9-7-10-21(2)28(20)25-16-27-33-30(32-25)34-41(38,39)24-12-8-11-22(15-24)18-36(26-13-14-35(6)29(26)37)23(19-40-27)17-31(3,4)5/h7,9-10,22-27,30,32-34H,8,11-19H2,1-6H3/t22?,23-,24?,25?,26?,27?,30?/m1/s1. The number of likely N-dealkylation sites (N-methyl/N-ethyl adjacent to an activating group) is 1. The first-order chi connectivity index (χ1) is 19.3. The van der Waals surface area contributed by atoms with Gasteiger partial charge in [0.25, 0.3) is 0 Å². The molecule has 3 heterocycles. The van der Waals surface area contributed by atoms with Crippen molar-refractivity contribution in [1.29, 1.82) is 0 Å². The summed E-state index contributed by atoms with van der Waals surface area (Å²) in [6.07, 6.45) is 4.52. The SMILES string of the molecule is Cc1cccc(C)c1C1CC2NC(N1)NS(=O)(=O)C1CCCC(C1)CN(C1CCN(C)C1=O)[C@H](CC(C)(C)C)CO2. The molecule has 230 valence electrons. The van der Waals surface area contributed by atoms with Crippen LogP contribution in [0.15, 0.2) is 18.2 Å². The summed E-state index contributed by atoms with van der Waals surface area (Å²) in [5.41, 5.74) is 3.59. The van der Waals surface area contributed by atoms with Gasteiger partial charge in [-0.1, -0.05) is 45.4 Å². The van der Waals surface area contributed by atoms with Crippen LogP contribution in [0.5, 0.6) is 0 Å². The molecule has 4 fully saturated rings. The normalized spacial score (nSPS) is 35.4. The average molecular weight is 590 g/mol. The summed E-state index contributed by atoms with van der Waals surface area (Å²) in [5, 5.41) is 6.53. The Morgan fingerprint density at radius 3 is 2.44 bits per heavy atom. The second-order valence-corrected chi connectivity index (χ2v) is 16.2. The predicted octanol–water partition coefficient (Wildman–Crippen LogP) is 3.38. The van der Waals surface area contributed by atoms with E-state index >= 15 is 0 Å². The first kappa shape index (κ1) is 30.9. The van der Waals surface area contributed by atoms with Crippen LogP contribution in [-0.2, 0) is 19.6 Å². The summed E-state index contributed by atoms with van der Waals surface area (Å²) in [6.45, 7) is 12.9. The van der Waals surface area contributed by atoms with Gasteiger partial charge in [-0.2, -0.15) is 4.72 Å². The van der Waals surface area contributed by atoms with Crippen molar-refractivity contribution in [3.8, 4) is 0 Å². The maximum Gasteiger partial charge on any atom is 0.239 e. The maximum absolute atomic E-state index is 13.8. The van der Waals surface area contributed by atoms with E-state index in [0.717, 1.165) is 38.8 Å². The predicted molar refractivity (Wildman–Crippen MR) is 161 cm³/mol. The van der Waals surface area contributed by atoms with Crippen LogP contribution in [0.25, 0.3) is 0 Å². The zero-order valence-electron chi connectivity index (χ0n) is 25.8. The van der Waals surface area contributed by atoms with Gasteiger partial charge in [-0.25, -0.2) is 8.42 Å². The van der Waals surface area contributed by atoms with Gasteiger partial charge in [0, 0.05) is 38.6 Å². The highest BCUT2D eigenvalue weighted by atomic mass is 32.2. The van der Waals surface area contributed by atoms with E-state index < -0.39 is 21.6 Å². The number of nitrogens with one attached hydrogen (secondary N) is 3. The van der Waals surface area contributed by atoms with Crippen LogP contribution < -0.4 is 15.4 Å². The molecule has 3 N–H and O–H groups in total. The fourth-order valence-electron chi connectivity index (χ4n) is 7.64. The van der Waals surface area contributed by atoms with E-state index in [1.165, 1.54) is 16.7 Å². The molecule has 41 heavy (non-hydrogen) atoms. The van der Waals surface area contributed by atoms with Crippen molar-refractivity contribution in [3.63, 3.8) is 0 Å². The van der Waals surface area contributed by atoms with Crippen molar-refractivity contribution in [2.45, 2.75) is 115 Å². The Bertz CT molecular complexity index is 1180. The van der Waals surface area contributed by atoms with Crippen molar-refractivity contribution in [2.75, 3.05) is 26.7 Å². The number of fused-ring (bicyclic) bond motifs is 4. The molecule has 3 aliphatic heterocycles. The van der Waals surface area contributed by atoms with Crippen LogP contribution in [-0.4, -0.2) is 80.7 Å². The van der Waals surface area contributed by atoms with Crippen molar-refractivity contribution in [1.82, 2.24) is 25.2 Å². The van der Waals surface area contributed by atoms with Crippen molar-refractivity contribution >= 4 is 15.9 Å². The summed E-state index contributed by atoms with van der Waals surface area (Å²) in [6, 6.07) is 6.08. The molecule has 1 saturated carbocycles. The van der Waals surface area contributed by atoms with E-state index in [0.29, 0.717) is 25.9 Å². The smallest absolute Gasteiger partial charge is 0.239 e. The first-order valence-electron chi connectivity index (χ1n) is 15.5. The van der Waals surface area contributed by atoms with Gasteiger partial charge < -0.3 is 9.64 Å². The van der Waals surface area contributed by atoms with Crippen molar-refractivity contribution < 1.29 is 17.9 Å². The van der Waals surface area contributed by atoms with Gasteiger partial charge in [0.15, 0.2) is 0 Å². The van der Waals surface area contributed by atoms with Gasteiger partial charge in [-0.05, 0) is 74.0 Å². The maximum atomic E-state index is 13.8. The number of ether oxygens (including phenoxy) is 1. The van der Waals surface area contributed by atoms with Crippen LogP contribution in [0.2, 0.25) is 0 Å². The summed E-state index contributed by atoms with van der Waals surface area (Å²) in [7, 11) is -1.71. The Kier molecular flexibility index (Phi) is 9.19. The number of aryl methyl sites for hydroxylation is 2. The summed E-state index contributed by atoms with van der Waals surface area (Å²) >= 11 is 0. The Morgan fingerprint density at radius 1 is 1.05 bits per heavy atom. The van der Waals surface area contributed by atoms with Gasteiger partial charge in [0.05, 0.1) is 17.9 Å². The summed E-state index contributed by atoms with van der Waals surface area (Å²) in [5.74, 6) is 0.389. The third-order valence-electron chi connectivity index (χ3n) is 9.59. The molecule has 0 aromatic heterocycles. The lowest BCUT2D eigenvalue weighted by molar-refractivity contribution is -0.133. The number of carbonyl (C=O) groups excluding carboxylic acids is 1. The van der Waals surface area contributed by atoms with E-state index in [1.54, 1.807) is 0 Å². The quantitative estimate of drug-likeness (QED) is 0.497. The molecule has 7 atom stereocenters. The Labute approximate surface area is 247 Å². The highest BCUT2D eigenvalue weighted by molar-refractivity contribution is 7.90. The molecular formula is C31H51N5O4S. The van der Waals surface area contributed by atoms with Crippen LogP contribution >= 0.6 is 0 Å². The van der Waals surface area contributed by atoms with E-state index in [2.05, 4.69) is 73.1 Å². The number of hydrogen-bond acceptors (Lipinski definition) is 7. The molecule has 10 heteroatoms. The summed E-state index contributed by atoms with van der Waals surface area (Å²) in [4.78, 5) is 17.6. The van der Waals surface area contributed by atoms with Crippen molar-refractivity contribution in [2.24, 2.45) is 11.3 Å². The van der Waals surface area contributed by atoms with Gasteiger partial charge >= 0.3 is 0 Å². The third-order valence-corrected chi connectivity index (χ3v) is 11.5. The van der Waals surface area contributed by atoms with Gasteiger partial charge in [-0.15, -0.1) is 0 Å². The highest BCUT2D eigenvalue weighted by Crippen LogP contribution is 2.35. The molecule has 4 bridgehead atoms. The number of sulfonamides is 1. The minimum absolute atomic E-state index is 0.0403. The highest BCUT2D eigenvalue weighted by Gasteiger charge is 2.43. The van der Waals surface area contributed by atoms with E-state index in [4.69, 9.17) is 4.74 Å². The third kappa shape index (κ3) is 7.16. The minimum Gasteiger partial charge on any atom is -0.362 e. The topological polar surface area (TPSA) is 103 Å². The second-order valence-electron chi connectivity index (χ2n) is 14.2. The van der Waals surface area contributed by atoms with E-state index in [9.17, 15) is 13.2 Å². The molecule has 3 saturated heterocycles. The number of likely N-dealkylation sites (tertiary alicyclic amines) is 1. The molecule has 1 amide bonds. The van der Waals surface area contributed by atoms with Crippen LogP contribution in [0.1, 0.15) is 88.4 Å². The lowest BCUT2D eigenvalue weighted by atomic mass is 9.84. The van der Waals surface area contributed by atoms with Gasteiger partial charge in [0.2, 0.25) is 15.9 Å². The molecule has 1 aromatic rings. The monoisotopic (exact) mass is 589 g/mol. The Hall–Kier alpha value is -1.56. The lowest BCUT2D eigenvalue weighted by Crippen LogP contribution is -2.64. The fourth-order valence-corrected chi connectivity index (χ4v) is 9.30. The molecule has 0 spiro atoms. The summed E-state index contributed by atoms with van der Waals surface area (Å²) < 4.78 is 37.2. The van der Waals surface area contributed by atoms with E-state index in [-0.39, 0.29) is 41.6 Å². The number of carbonyl (C=O) groups is 1. The first-order valence-corrected chi connectivity index (χ1v) is 17.1. The second kappa shape index (κ2) is 12.2. The zero-order valence-corrected chi connectivity index (χ0v) is 26.6. The van der Waals surface area contributed by atoms with Crippen LogP contribution in [0.3, 0.4) is 0 Å². The molecule has 9 nitrogen and oxygen atoms in total. The van der Waals surface area contributed by atoms with Crippen LogP contribution in [0, 0.1) is 25.2 Å². The molecule has 0 radical (unpaired) electrons. The fraction of sp³-hybridized carbons (Fsp3) is 0.774. The number of nitrogens with zero attached hydrogens (tertiary/aromatic N) is 2. The number of benzene rings is 1. The molecule has 1 aliphatic carbocycles. The molecule has 6 unspecified atom stereocenters. The largest absolute Gasteiger partial charge is 0.362 e. The number of amides is 1. The molecule has 4 aliphatic rings. The Balaban J connectivity index is 1.51. The van der Waals surface area contributed by atoms with E-state index in [1.807, 2.05) is 11.9 Å². The minimum atomic E-state index is -3.59. The zero-order chi connectivity index (χ0) is 29.5. The Morgan fingerprint density at radius 2 is 1.78 bits per heavy atom. The lowest BCUT2D eigenvalue weighted by Gasteiger charge is -2.42. The van der Waals surface area contributed by atoms with Gasteiger partial charge in [-0.3, -0.25) is 20.3 Å². The molecular weight excluding hydrogens is 538 g/mol.